The van der Waals surface area contributed by atoms with Crippen LogP contribution in [-0.4, -0.2) is 22.3 Å². The van der Waals surface area contributed by atoms with Crippen LogP contribution in [0.5, 0.6) is 5.75 Å². The van der Waals surface area contributed by atoms with Gasteiger partial charge in [-0.1, -0.05) is 24.3 Å². The van der Waals surface area contributed by atoms with E-state index in [1.54, 1.807) is 38.1 Å². The van der Waals surface area contributed by atoms with Gasteiger partial charge in [0.2, 0.25) is 0 Å². The van der Waals surface area contributed by atoms with Crippen molar-refractivity contribution in [3.8, 4) is 5.75 Å². The Balaban J connectivity index is 1.91. The van der Waals surface area contributed by atoms with E-state index in [0.29, 0.717) is 16.8 Å². The molecule has 3 N–H and O–H groups in total. The standard InChI is InChI=1S/C27H29F2NO4/c1-17(2)34-27(33)24(15-16-25(32)18-3-7-20(28)8-4-18)26(19-5-13-23(31)14-6-19)30-22-11-9-21(29)10-12-22/h3-14,17,24-26,30-32H,15-16H2,1-2H3/t24-,25+,26-/m1/s1. The number of benzene rings is 3. The molecule has 0 saturated heterocycles. The molecule has 0 heterocycles. The second-order valence-electron chi connectivity index (χ2n) is 8.46. The van der Waals surface area contributed by atoms with Gasteiger partial charge >= 0.3 is 5.97 Å². The minimum absolute atomic E-state index is 0.0809. The predicted octanol–water partition coefficient (Wildman–Crippen LogP) is 5.91. The molecule has 0 radical (unpaired) electrons. The molecule has 0 aromatic heterocycles. The average molecular weight is 470 g/mol. The molecule has 0 unspecified atom stereocenters. The van der Waals surface area contributed by atoms with Crippen molar-refractivity contribution in [2.45, 2.75) is 44.9 Å². The predicted molar refractivity (Wildman–Crippen MR) is 126 cm³/mol. The maximum Gasteiger partial charge on any atom is 0.311 e. The number of carbonyl (C=O) groups excluding carboxylic acids is 1. The van der Waals surface area contributed by atoms with E-state index in [2.05, 4.69) is 5.32 Å². The minimum atomic E-state index is -0.902. The summed E-state index contributed by atoms with van der Waals surface area (Å²) in [4.78, 5) is 13.2. The largest absolute Gasteiger partial charge is 0.508 e. The molecule has 180 valence electrons. The number of carbonyl (C=O) groups is 1. The lowest BCUT2D eigenvalue weighted by atomic mass is 9.87. The molecule has 0 aliphatic heterocycles. The fourth-order valence-corrected chi connectivity index (χ4v) is 3.75. The first kappa shape index (κ1) is 25.2. The zero-order valence-electron chi connectivity index (χ0n) is 19.1. The normalized spacial score (nSPS) is 13.8. The first-order chi connectivity index (χ1) is 16.2. The lowest BCUT2D eigenvalue weighted by Gasteiger charge is -2.29. The summed E-state index contributed by atoms with van der Waals surface area (Å²) >= 11 is 0. The molecule has 0 fully saturated rings. The summed E-state index contributed by atoms with van der Waals surface area (Å²) in [6, 6.07) is 17.2. The Hall–Kier alpha value is -3.45. The Morgan fingerprint density at radius 3 is 1.94 bits per heavy atom. The summed E-state index contributed by atoms with van der Waals surface area (Å²) in [6.45, 7) is 3.51. The number of hydrogen-bond acceptors (Lipinski definition) is 5. The fourth-order valence-electron chi connectivity index (χ4n) is 3.75. The molecule has 34 heavy (non-hydrogen) atoms. The number of aliphatic hydroxyl groups is 1. The van der Waals surface area contributed by atoms with E-state index in [-0.39, 0.29) is 30.5 Å². The Morgan fingerprint density at radius 2 is 1.38 bits per heavy atom. The third kappa shape index (κ3) is 7.02. The smallest absolute Gasteiger partial charge is 0.311 e. The van der Waals surface area contributed by atoms with Gasteiger partial charge in [0.05, 0.1) is 24.2 Å². The van der Waals surface area contributed by atoms with Gasteiger partial charge < -0.3 is 20.3 Å². The summed E-state index contributed by atoms with van der Waals surface area (Å²) in [5, 5.41) is 23.7. The fraction of sp³-hybridized carbons (Fsp3) is 0.296. The number of anilines is 1. The first-order valence-corrected chi connectivity index (χ1v) is 11.2. The van der Waals surface area contributed by atoms with Gasteiger partial charge in [0.25, 0.3) is 0 Å². The monoisotopic (exact) mass is 469 g/mol. The third-order valence-corrected chi connectivity index (χ3v) is 5.48. The molecule has 0 aliphatic rings. The van der Waals surface area contributed by atoms with Crippen molar-refractivity contribution >= 4 is 11.7 Å². The van der Waals surface area contributed by atoms with E-state index in [0.717, 1.165) is 0 Å². The van der Waals surface area contributed by atoms with Crippen molar-refractivity contribution < 1.29 is 28.5 Å². The lowest BCUT2D eigenvalue weighted by Crippen LogP contribution is -2.31. The van der Waals surface area contributed by atoms with Crippen LogP contribution in [0.4, 0.5) is 14.5 Å². The van der Waals surface area contributed by atoms with Crippen LogP contribution >= 0.6 is 0 Å². The van der Waals surface area contributed by atoms with Gasteiger partial charge in [-0.25, -0.2) is 8.78 Å². The Kier molecular flexibility index (Phi) is 8.60. The van der Waals surface area contributed by atoms with E-state index in [1.165, 1.54) is 48.5 Å². The van der Waals surface area contributed by atoms with Crippen LogP contribution < -0.4 is 5.32 Å². The summed E-state index contributed by atoms with van der Waals surface area (Å²) < 4.78 is 32.2. The second kappa shape index (κ2) is 11.6. The van der Waals surface area contributed by atoms with Gasteiger partial charge in [-0.15, -0.1) is 0 Å². The Bertz CT molecular complexity index is 1050. The summed E-state index contributed by atoms with van der Waals surface area (Å²) in [5.74, 6) is -1.87. The molecule has 3 aromatic carbocycles. The van der Waals surface area contributed by atoms with Gasteiger partial charge in [0.1, 0.15) is 17.4 Å². The number of rotatable bonds is 10. The number of halogens is 2. The maximum absolute atomic E-state index is 13.4. The molecule has 3 aromatic rings. The number of aromatic hydroxyl groups is 1. The van der Waals surface area contributed by atoms with Crippen LogP contribution in [0, 0.1) is 17.6 Å². The van der Waals surface area contributed by atoms with Gasteiger partial charge in [0.15, 0.2) is 0 Å². The zero-order valence-corrected chi connectivity index (χ0v) is 19.1. The number of hydrogen-bond donors (Lipinski definition) is 3. The van der Waals surface area contributed by atoms with E-state index < -0.39 is 29.9 Å². The van der Waals surface area contributed by atoms with Gasteiger partial charge in [0, 0.05) is 5.69 Å². The number of esters is 1. The van der Waals surface area contributed by atoms with Crippen LogP contribution in [0.2, 0.25) is 0 Å². The third-order valence-electron chi connectivity index (χ3n) is 5.48. The molecule has 0 spiro atoms. The van der Waals surface area contributed by atoms with E-state index in [9.17, 15) is 23.8 Å². The van der Waals surface area contributed by atoms with Crippen molar-refractivity contribution in [1.82, 2.24) is 0 Å². The van der Waals surface area contributed by atoms with Crippen molar-refractivity contribution in [3.05, 3.63) is 95.6 Å². The first-order valence-electron chi connectivity index (χ1n) is 11.2. The molecule has 7 heteroatoms. The number of phenols is 1. The SMILES string of the molecule is CC(C)OC(=O)[C@H](CC[C@H](O)c1ccc(F)cc1)[C@H](Nc1ccc(F)cc1)c1ccc(O)cc1. The summed E-state index contributed by atoms with van der Waals surface area (Å²) in [5.41, 5.74) is 1.86. The number of aliphatic hydroxyl groups excluding tert-OH is 1. The van der Waals surface area contributed by atoms with E-state index in [1.807, 2.05) is 0 Å². The molecule has 3 atom stereocenters. The summed E-state index contributed by atoms with van der Waals surface area (Å²) in [7, 11) is 0. The van der Waals surface area contributed by atoms with Crippen LogP contribution in [0.1, 0.15) is 50.0 Å². The van der Waals surface area contributed by atoms with Crippen molar-refractivity contribution in [2.24, 2.45) is 5.92 Å². The number of phenolic OH excluding ortho intramolecular Hbond substituents is 1. The number of nitrogens with one attached hydrogen (secondary N) is 1. The van der Waals surface area contributed by atoms with Crippen molar-refractivity contribution in [1.29, 1.82) is 0 Å². The van der Waals surface area contributed by atoms with Gasteiger partial charge in [-0.2, -0.15) is 0 Å². The van der Waals surface area contributed by atoms with Crippen LogP contribution in [0.25, 0.3) is 0 Å². The Labute approximate surface area is 198 Å². The van der Waals surface area contributed by atoms with Crippen LogP contribution in [0.3, 0.4) is 0 Å². The second-order valence-corrected chi connectivity index (χ2v) is 8.46. The van der Waals surface area contributed by atoms with Crippen LogP contribution in [-0.2, 0) is 9.53 Å². The average Bonchev–Trinajstić information content (AvgIpc) is 2.80. The molecular weight excluding hydrogens is 440 g/mol. The molecule has 0 bridgehead atoms. The van der Waals surface area contributed by atoms with E-state index in [4.69, 9.17) is 4.74 Å². The Morgan fingerprint density at radius 1 is 0.853 bits per heavy atom. The molecular formula is C27H29F2NO4. The topological polar surface area (TPSA) is 78.8 Å². The molecule has 3 rings (SSSR count). The van der Waals surface area contributed by atoms with Gasteiger partial charge in [-0.3, -0.25) is 4.79 Å². The minimum Gasteiger partial charge on any atom is -0.508 e. The molecule has 5 nitrogen and oxygen atoms in total. The zero-order chi connectivity index (χ0) is 24.7. The quantitative estimate of drug-likeness (QED) is 0.322. The van der Waals surface area contributed by atoms with Gasteiger partial charge in [-0.05, 0) is 86.3 Å². The van der Waals surface area contributed by atoms with E-state index >= 15 is 0 Å². The molecule has 0 saturated carbocycles. The van der Waals surface area contributed by atoms with Crippen molar-refractivity contribution in [3.63, 3.8) is 0 Å². The maximum atomic E-state index is 13.4. The molecule has 0 aliphatic carbocycles. The summed E-state index contributed by atoms with van der Waals surface area (Å²) in [6.07, 6.45) is -0.767. The lowest BCUT2D eigenvalue weighted by molar-refractivity contribution is -0.153. The highest BCUT2D eigenvalue weighted by atomic mass is 19.1. The van der Waals surface area contributed by atoms with Crippen molar-refractivity contribution in [2.75, 3.05) is 5.32 Å². The highest BCUT2D eigenvalue weighted by Crippen LogP contribution is 2.34. The molecule has 0 amide bonds. The highest BCUT2D eigenvalue weighted by molar-refractivity contribution is 5.74. The van der Waals surface area contributed by atoms with Crippen LogP contribution in [0.15, 0.2) is 72.8 Å². The number of ether oxygens (including phenoxy) is 1. The highest BCUT2D eigenvalue weighted by Gasteiger charge is 2.32.